The van der Waals surface area contributed by atoms with Gasteiger partial charge in [-0.2, -0.15) is 5.26 Å². The second-order valence-electron chi connectivity index (χ2n) is 10.0. The molecule has 1 aliphatic carbocycles. The molecule has 0 bridgehead atoms. The first kappa shape index (κ1) is 26.2. The van der Waals surface area contributed by atoms with Crippen molar-refractivity contribution in [3.8, 4) is 11.8 Å². The van der Waals surface area contributed by atoms with Crippen LogP contribution in [0, 0.1) is 29.6 Å². The van der Waals surface area contributed by atoms with E-state index in [1.807, 2.05) is 42.8 Å². The van der Waals surface area contributed by atoms with Gasteiger partial charge in [0.2, 0.25) is 5.91 Å². The molecule has 1 aromatic carbocycles. The quantitative estimate of drug-likeness (QED) is 0.351. The van der Waals surface area contributed by atoms with E-state index in [0.717, 1.165) is 42.6 Å². The molecule has 0 saturated heterocycles. The average Bonchev–Trinajstić information content (AvgIpc) is 3.39. The van der Waals surface area contributed by atoms with Crippen LogP contribution in [0.5, 0.6) is 5.75 Å². The smallest absolute Gasteiger partial charge is 0.235 e. The van der Waals surface area contributed by atoms with Crippen LogP contribution in [0.4, 0.5) is 5.00 Å². The molecule has 1 amide bonds. The Labute approximate surface area is 221 Å². The number of nitrogens with zero attached hydrogens (tertiary/aromatic N) is 4. The van der Waals surface area contributed by atoms with Gasteiger partial charge in [-0.05, 0) is 60.8 Å². The molecule has 0 aliphatic heterocycles. The highest BCUT2D eigenvalue weighted by Gasteiger charge is 2.34. The molecule has 9 heteroatoms. The lowest BCUT2D eigenvalue weighted by Gasteiger charge is -2.36. The summed E-state index contributed by atoms with van der Waals surface area (Å²) in [5.41, 5.74) is 3.16. The molecule has 1 N–H and O–H groups in total. The fourth-order valence-corrected chi connectivity index (χ4v) is 6.51. The largest absolute Gasteiger partial charge is 0.486 e. The number of nitriles is 1. The minimum Gasteiger partial charge on any atom is -0.486 e. The molecule has 3 aromatic rings. The van der Waals surface area contributed by atoms with Crippen LogP contribution < -0.4 is 10.1 Å². The minimum atomic E-state index is -0.152. The van der Waals surface area contributed by atoms with Crippen LogP contribution in [0.2, 0.25) is 0 Å². The van der Waals surface area contributed by atoms with Gasteiger partial charge < -0.3 is 14.6 Å². The van der Waals surface area contributed by atoms with Gasteiger partial charge in [-0.3, -0.25) is 4.79 Å². The van der Waals surface area contributed by atoms with Gasteiger partial charge in [-0.15, -0.1) is 21.5 Å². The van der Waals surface area contributed by atoms with Crippen LogP contribution >= 0.6 is 23.1 Å². The van der Waals surface area contributed by atoms with Crippen molar-refractivity contribution in [1.29, 1.82) is 5.26 Å². The summed E-state index contributed by atoms with van der Waals surface area (Å²) in [6, 6.07) is 10.2. The summed E-state index contributed by atoms with van der Waals surface area (Å²) in [6.45, 7) is 9.21. The molecule has 0 spiro atoms. The first-order chi connectivity index (χ1) is 17.2. The molecule has 2 aromatic heterocycles. The van der Waals surface area contributed by atoms with Gasteiger partial charge >= 0.3 is 0 Å². The molecule has 2 heterocycles. The van der Waals surface area contributed by atoms with Crippen molar-refractivity contribution in [3.63, 3.8) is 0 Å². The summed E-state index contributed by atoms with van der Waals surface area (Å²) in [5.74, 6) is 2.09. The van der Waals surface area contributed by atoms with Crippen LogP contribution in [0.3, 0.4) is 0 Å². The maximum atomic E-state index is 12.8. The number of amides is 1. The van der Waals surface area contributed by atoms with Crippen molar-refractivity contribution in [2.75, 3.05) is 11.1 Å². The molecule has 1 atom stereocenters. The van der Waals surface area contributed by atoms with Crippen LogP contribution in [-0.2, 0) is 31.3 Å². The van der Waals surface area contributed by atoms with E-state index in [9.17, 15) is 10.1 Å². The lowest BCUT2D eigenvalue weighted by Crippen LogP contribution is -2.28. The number of anilines is 1. The zero-order chi connectivity index (χ0) is 25.9. The normalized spacial score (nSPS) is 15.3. The standard InChI is InChI=1S/C27H33N5O2S2/c1-6-27(3,4)18-10-11-20-21(14-28)25(36-22(20)13-18)29-24(33)16-35-26-31-30-23(32(26)5)15-34-19-9-7-8-17(2)12-19/h7-9,12,18H,6,10-11,13,15-16H2,1-5H3,(H,29,33). The van der Waals surface area contributed by atoms with E-state index >= 15 is 0 Å². The Balaban J connectivity index is 1.36. The average molecular weight is 524 g/mol. The molecule has 0 radical (unpaired) electrons. The maximum Gasteiger partial charge on any atom is 0.235 e. The number of hydrogen-bond acceptors (Lipinski definition) is 7. The van der Waals surface area contributed by atoms with Crippen LogP contribution in [0.1, 0.15) is 61.0 Å². The predicted molar refractivity (Wildman–Crippen MR) is 144 cm³/mol. The van der Waals surface area contributed by atoms with Crippen molar-refractivity contribution < 1.29 is 9.53 Å². The third-order valence-electron chi connectivity index (χ3n) is 7.26. The number of rotatable bonds is 9. The highest BCUT2D eigenvalue weighted by atomic mass is 32.2. The predicted octanol–water partition coefficient (Wildman–Crippen LogP) is 5.91. The number of ether oxygens (including phenoxy) is 1. The Kier molecular flexibility index (Phi) is 8.06. The minimum absolute atomic E-state index is 0.152. The third kappa shape index (κ3) is 5.76. The molecular formula is C27H33N5O2S2. The summed E-state index contributed by atoms with van der Waals surface area (Å²) < 4.78 is 7.67. The fraction of sp³-hybridized carbons (Fsp3) is 0.481. The van der Waals surface area contributed by atoms with E-state index in [-0.39, 0.29) is 17.1 Å². The number of hydrogen-bond donors (Lipinski definition) is 1. The van der Waals surface area contributed by atoms with E-state index < -0.39 is 0 Å². The van der Waals surface area contributed by atoms with Crippen LogP contribution in [0.25, 0.3) is 0 Å². The summed E-state index contributed by atoms with van der Waals surface area (Å²) in [7, 11) is 1.87. The molecule has 190 valence electrons. The first-order valence-corrected chi connectivity index (χ1v) is 14.1. The number of carbonyl (C=O) groups excluding carboxylic acids is 1. The number of thioether (sulfide) groups is 1. The summed E-state index contributed by atoms with van der Waals surface area (Å²) in [4.78, 5) is 14.0. The van der Waals surface area contributed by atoms with Gasteiger partial charge in [0, 0.05) is 11.9 Å². The number of carbonyl (C=O) groups is 1. The van der Waals surface area contributed by atoms with E-state index in [4.69, 9.17) is 4.74 Å². The van der Waals surface area contributed by atoms with Gasteiger partial charge in [0.1, 0.15) is 23.4 Å². The SMILES string of the molecule is CCC(C)(C)C1CCc2c(sc(NC(=O)CSc3nnc(COc4cccc(C)c4)n3C)c2C#N)C1. The number of thiophene rings is 1. The number of nitrogens with one attached hydrogen (secondary N) is 1. The van der Waals surface area contributed by atoms with Crippen molar-refractivity contribution >= 4 is 34.0 Å². The second kappa shape index (κ2) is 11.1. The van der Waals surface area contributed by atoms with Crippen molar-refractivity contribution in [2.45, 2.75) is 65.1 Å². The molecule has 1 unspecified atom stereocenters. The van der Waals surface area contributed by atoms with E-state index in [2.05, 4.69) is 42.4 Å². The van der Waals surface area contributed by atoms with Gasteiger partial charge in [0.25, 0.3) is 0 Å². The Morgan fingerprint density at radius 2 is 2.19 bits per heavy atom. The molecule has 0 fully saturated rings. The van der Waals surface area contributed by atoms with Gasteiger partial charge in [0.05, 0.1) is 11.3 Å². The Morgan fingerprint density at radius 3 is 2.92 bits per heavy atom. The Bertz CT molecular complexity index is 1290. The lowest BCUT2D eigenvalue weighted by atomic mass is 9.69. The monoisotopic (exact) mass is 523 g/mol. The molecule has 36 heavy (non-hydrogen) atoms. The van der Waals surface area contributed by atoms with Gasteiger partial charge in [0.15, 0.2) is 11.0 Å². The van der Waals surface area contributed by atoms with E-state index in [0.29, 0.717) is 34.1 Å². The Hall–Kier alpha value is -2.83. The van der Waals surface area contributed by atoms with Crippen LogP contribution in [-0.4, -0.2) is 26.4 Å². The summed E-state index contributed by atoms with van der Waals surface area (Å²) in [5, 5.41) is 22.5. The van der Waals surface area contributed by atoms with E-state index in [1.54, 1.807) is 11.3 Å². The zero-order valence-electron chi connectivity index (χ0n) is 21.6. The van der Waals surface area contributed by atoms with Crippen molar-refractivity contribution in [1.82, 2.24) is 14.8 Å². The molecule has 7 nitrogen and oxygen atoms in total. The van der Waals surface area contributed by atoms with Crippen LogP contribution in [0.15, 0.2) is 29.4 Å². The zero-order valence-corrected chi connectivity index (χ0v) is 23.2. The second-order valence-corrected chi connectivity index (χ2v) is 12.0. The van der Waals surface area contributed by atoms with Crippen molar-refractivity contribution in [2.24, 2.45) is 18.4 Å². The molecule has 1 aliphatic rings. The van der Waals surface area contributed by atoms with E-state index in [1.165, 1.54) is 16.6 Å². The maximum absolute atomic E-state index is 12.8. The topological polar surface area (TPSA) is 92.8 Å². The third-order valence-corrected chi connectivity index (χ3v) is 9.45. The number of aryl methyl sites for hydroxylation is 1. The molecule has 0 saturated carbocycles. The molecular weight excluding hydrogens is 490 g/mol. The molecule has 4 rings (SSSR count). The highest BCUT2D eigenvalue weighted by molar-refractivity contribution is 7.99. The Morgan fingerprint density at radius 1 is 1.39 bits per heavy atom. The van der Waals surface area contributed by atoms with Gasteiger partial charge in [-0.1, -0.05) is 51.1 Å². The first-order valence-electron chi connectivity index (χ1n) is 12.3. The highest BCUT2D eigenvalue weighted by Crippen LogP contribution is 2.45. The number of benzene rings is 1. The number of aromatic nitrogens is 3. The van der Waals surface area contributed by atoms with Gasteiger partial charge in [-0.25, -0.2) is 0 Å². The fourth-order valence-electron chi connectivity index (χ4n) is 4.49. The summed E-state index contributed by atoms with van der Waals surface area (Å²) >= 11 is 2.88. The van der Waals surface area contributed by atoms with Crippen molar-refractivity contribution in [3.05, 3.63) is 51.7 Å². The summed E-state index contributed by atoms with van der Waals surface area (Å²) in [6.07, 6.45) is 4.10. The number of fused-ring (bicyclic) bond motifs is 1. The lowest BCUT2D eigenvalue weighted by molar-refractivity contribution is -0.113.